The van der Waals surface area contributed by atoms with Gasteiger partial charge in [0, 0.05) is 5.57 Å². The summed E-state index contributed by atoms with van der Waals surface area (Å²) in [5, 5.41) is 18.4. The molecular formula is C15H26O4. The molecule has 4 heteroatoms. The van der Waals surface area contributed by atoms with Crippen LogP contribution in [0.3, 0.4) is 0 Å². The van der Waals surface area contributed by atoms with Crippen molar-refractivity contribution in [3.05, 3.63) is 36.5 Å². The average molecular weight is 270 g/mol. The summed E-state index contributed by atoms with van der Waals surface area (Å²) in [6.45, 7) is 9.79. The van der Waals surface area contributed by atoms with Crippen LogP contribution in [0.4, 0.5) is 0 Å². The smallest absolute Gasteiger partial charge is 0.183 e. The highest BCUT2D eigenvalue weighted by molar-refractivity contribution is 5.25. The molecule has 1 aliphatic heterocycles. The second-order valence-corrected chi connectivity index (χ2v) is 4.17. The number of allylic oxidation sites excluding steroid dienone is 3. The lowest BCUT2D eigenvalue weighted by atomic mass is 9.91. The quantitative estimate of drug-likeness (QED) is 0.751. The van der Waals surface area contributed by atoms with E-state index in [0.717, 1.165) is 5.57 Å². The van der Waals surface area contributed by atoms with Gasteiger partial charge < -0.3 is 19.7 Å². The Morgan fingerprint density at radius 2 is 1.79 bits per heavy atom. The number of rotatable bonds is 5. The van der Waals surface area contributed by atoms with Gasteiger partial charge in [-0.3, -0.25) is 0 Å². The Labute approximate surface area is 116 Å². The Balaban J connectivity index is 0.00000154. The normalized spacial score (nSPS) is 19.9. The van der Waals surface area contributed by atoms with Crippen molar-refractivity contribution in [2.75, 3.05) is 26.4 Å². The highest BCUT2D eigenvalue weighted by Crippen LogP contribution is 2.26. The summed E-state index contributed by atoms with van der Waals surface area (Å²) >= 11 is 0. The summed E-state index contributed by atoms with van der Waals surface area (Å²) in [6, 6.07) is 0. The molecule has 1 aliphatic rings. The Kier molecular flexibility index (Phi) is 9.43. The third-order valence-electron chi connectivity index (χ3n) is 2.69. The van der Waals surface area contributed by atoms with Gasteiger partial charge in [0.05, 0.1) is 31.8 Å². The van der Waals surface area contributed by atoms with E-state index in [4.69, 9.17) is 9.47 Å². The Morgan fingerprint density at radius 3 is 2.16 bits per heavy atom. The fourth-order valence-electron chi connectivity index (χ4n) is 1.56. The first-order chi connectivity index (χ1) is 9.21. The predicted octanol–water partition coefficient (Wildman–Crippen LogP) is 2.04. The van der Waals surface area contributed by atoms with Crippen LogP contribution in [0.15, 0.2) is 36.5 Å². The van der Waals surface area contributed by atoms with E-state index < -0.39 is 11.7 Å². The molecule has 4 nitrogen and oxygen atoms in total. The van der Waals surface area contributed by atoms with E-state index in [2.05, 4.69) is 6.58 Å². The number of hydrogen-bond acceptors (Lipinski definition) is 4. The van der Waals surface area contributed by atoms with Gasteiger partial charge in [-0.05, 0) is 6.92 Å². The maximum absolute atomic E-state index is 9.21. The minimum Gasteiger partial charge on any atom is -0.396 e. The molecule has 0 bridgehead atoms. The summed E-state index contributed by atoms with van der Waals surface area (Å²) < 4.78 is 11.1. The first-order valence-electron chi connectivity index (χ1n) is 6.61. The van der Waals surface area contributed by atoms with Crippen LogP contribution in [-0.4, -0.2) is 42.9 Å². The van der Waals surface area contributed by atoms with Gasteiger partial charge in [0.15, 0.2) is 6.29 Å². The molecule has 0 aliphatic carbocycles. The standard InChI is InChI=1S/C13H20O4.C2H6/c1-3-5-11(6-4-2)12-16-9-13(7-14,8-15)10-17-12;1-2/h3-6,12,14-15H,1,7-10H2,2H3;1-2H3/b6-4-,11-5+;. The molecule has 2 N–H and O–H groups in total. The fraction of sp³-hybridized carbons (Fsp3) is 0.600. The molecule has 0 unspecified atom stereocenters. The highest BCUT2D eigenvalue weighted by Gasteiger charge is 2.36. The predicted molar refractivity (Wildman–Crippen MR) is 76.7 cm³/mol. The molecule has 110 valence electrons. The van der Waals surface area contributed by atoms with E-state index in [1.54, 1.807) is 6.08 Å². The molecule has 0 aromatic carbocycles. The fourth-order valence-corrected chi connectivity index (χ4v) is 1.56. The van der Waals surface area contributed by atoms with Crippen LogP contribution in [0.5, 0.6) is 0 Å². The van der Waals surface area contributed by atoms with Crippen LogP contribution in [0.25, 0.3) is 0 Å². The first kappa shape index (κ1) is 18.1. The van der Waals surface area contributed by atoms with Gasteiger partial charge in [-0.15, -0.1) is 0 Å². The number of aliphatic hydroxyl groups excluding tert-OH is 2. The third kappa shape index (κ3) is 5.28. The molecule has 1 heterocycles. The maximum atomic E-state index is 9.21. The molecule has 19 heavy (non-hydrogen) atoms. The van der Waals surface area contributed by atoms with E-state index in [0.29, 0.717) is 0 Å². The minimum atomic E-state index is -0.689. The largest absolute Gasteiger partial charge is 0.396 e. The minimum absolute atomic E-state index is 0.152. The number of ether oxygens (including phenoxy) is 2. The van der Waals surface area contributed by atoms with Gasteiger partial charge in [0.25, 0.3) is 0 Å². The van der Waals surface area contributed by atoms with Crippen molar-refractivity contribution in [1.82, 2.24) is 0 Å². The van der Waals surface area contributed by atoms with Gasteiger partial charge in [-0.2, -0.15) is 0 Å². The third-order valence-corrected chi connectivity index (χ3v) is 2.69. The number of aliphatic hydroxyl groups is 2. The molecule has 0 spiro atoms. The second-order valence-electron chi connectivity index (χ2n) is 4.17. The lowest BCUT2D eigenvalue weighted by Gasteiger charge is -2.37. The lowest BCUT2D eigenvalue weighted by molar-refractivity contribution is -0.226. The van der Waals surface area contributed by atoms with Crippen LogP contribution in [0.2, 0.25) is 0 Å². The van der Waals surface area contributed by atoms with Crippen LogP contribution in [-0.2, 0) is 9.47 Å². The molecule has 1 fully saturated rings. The van der Waals surface area contributed by atoms with Crippen LogP contribution >= 0.6 is 0 Å². The van der Waals surface area contributed by atoms with Crippen molar-refractivity contribution >= 4 is 0 Å². The highest BCUT2D eigenvalue weighted by atomic mass is 16.7. The molecule has 0 atom stereocenters. The topological polar surface area (TPSA) is 58.9 Å². The average Bonchev–Trinajstić information content (AvgIpc) is 2.49. The molecular weight excluding hydrogens is 244 g/mol. The van der Waals surface area contributed by atoms with Gasteiger partial charge in [0.2, 0.25) is 0 Å². The summed E-state index contributed by atoms with van der Waals surface area (Å²) in [6.07, 6.45) is 6.80. The Morgan fingerprint density at radius 1 is 1.26 bits per heavy atom. The van der Waals surface area contributed by atoms with Crippen LogP contribution in [0.1, 0.15) is 20.8 Å². The van der Waals surface area contributed by atoms with Gasteiger partial charge in [-0.1, -0.05) is 44.7 Å². The zero-order valence-electron chi connectivity index (χ0n) is 12.1. The molecule has 1 rings (SSSR count). The van der Waals surface area contributed by atoms with E-state index in [9.17, 15) is 10.2 Å². The Hall–Kier alpha value is -0.940. The summed E-state index contributed by atoms with van der Waals surface area (Å²) in [5.41, 5.74) is 0.179. The summed E-state index contributed by atoms with van der Waals surface area (Å²) in [7, 11) is 0. The molecule has 0 saturated carbocycles. The van der Waals surface area contributed by atoms with Crippen molar-refractivity contribution in [2.24, 2.45) is 5.41 Å². The zero-order valence-corrected chi connectivity index (χ0v) is 12.1. The van der Waals surface area contributed by atoms with Crippen molar-refractivity contribution in [3.63, 3.8) is 0 Å². The second kappa shape index (κ2) is 9.92. The molecule has 0 aromatic heterocycles. The van der Waals surface area contributed by atoms with Crippen LogP contribution in [0, 0.1) is 5.41 Å². The maximum Gasteiger partial charge on any atom is 0.183 e. The van der Waals surface area contributed by atoms with Gasteiger partial charge in [-0.25, -0.2) is 0 Å². The zero-order chi connectivity index (χ0) is 14.7. The van der Waals surface area contributed by atoms with Gasteiger partial charge >= 0.3 is 0 Å². The monoisotopic (exact) mass is 270 g/mol. The van der Waals surface area contributed by atoms with E-state index in [1.807, 2.05) is 39.0 Å². The molecule has 0 radical (unpaired) electrons. The number of hydrogen-bond donors (Lipinski definition) is 2. The van der Waals surface area contributed by atoms with Crippen molar-refractivity contribution in [1.29, 1.82) is 0 Å². The Bertz CT molecular complexity index is 293. The van der Waals surface area contributed by atoms with Crippen LogP contribution < -0.4 is 0 Å². The van der Waals surface area contributed by atoms with Crippen molar-refractivity contribution in [2.45, 2.75) is 27.1 Å². The van der Waals surface area contributed by atoms with Crippen molar-refractivity contribution < 1.29 is 19.7 Å². The molecule has 0 aromatic rings. The van der Waals surface area contributed by atoms with E-state index in [-0.39, 0.29) is 26.4 Å². The van der Waals surface area contributed by atoms with E-state index >= 15 is 0 Å². The SMILES string of the molecule is C=C/C=C(\C=C/C)C1OCC(CO)(CO)CO1.CC. The van der Waals surface area contributed by atoms with Gasteiger partial charge in [0.1, 0.15) is 0 Å². The molecule has 1 saturated heterocycles. The van der Waals surface area contributed by atoms with E-state index in [1.165, 1.54) is 0 Å². The van der Waals surface area contributed by atoms with Crippen molar-refractivity contribution in [3.8, 4) is 0 Å². The lowest BCUT2D eigenvalue weighted by Crippen LogP contribution is -2.47. The summed E-state index contributed by atoms with van der Waals surface area (Å²) in [4.78, 5) is 0. The molecule has 0 amide bonds. The first-order valence-corrected chi connectivity index (χ1v) is 6.61. The summed E-state index contributed by atoms with van der Waals surface area (Å²) in [5.74, 6) is 0.